The monoisotopic (exact) mass is 527 g/mol. The predicted octanol–water partition coefficient (Wildman–Crippen LogP) is 5.35. The van der Waals surface area contributed by atoms with Crippen LogP contribution in [0, 0.1) is 0 Å². The Labute approximate surface area is 204 Å². The number of carbonyl (C=O) groups is 2. The van der Waals surface area contributed by atoms with Gasteiger partial charge in [-0.1, -0.05) is 40.2 Å². The smallest absolute Gasteiger partial charge is 0.290 e. The minimum absolute atomic E-state index is 0.108. The molecule has 0 spiro atoms. The first-order chi connectivity index (χ1) is 15.9. The summed E-state index contributed by atoms with van der Waals surface area (Å²) in [5.41, 5.74) is 1.80. The molecule has 6 nitrogen and oxygen atoms in total. The lowest BCUT2D eigenvalue weighted by molar-refractivity contribution is -0.129. The van der Waals surface area contributed by atoms with Crippen molar-refractivity contribution >= 4 is 39.0 Å². The van der Waals surface area contributed by atoms with Crippen LogP contribution in [0.4, 0.5) is 0 Å². The van der Waals surface area contributed by atoms with E-state index >= 15 is 0 Å². The van der Waals surface area contributed by atoms with Gasteiger partial charge >= 0.3 is 0 Å². The Hall–Kier alpha value is -3.10. The summed E-state index contributed by atoms with van der Waals surface area (Å²) >= 11 is 4.71. The lowest BCUT2D eigenvalue weighted by Gasteiger charge is -2.27. The van der Waals surface area contributed by atoms with Crippen LogP contribution >= 0.6 is 27.3 Å². The Bertz CT molecular complexity index is 1200. The highest BCUT2D eigenvalue weighted by molar-refractivity contribution is 9.10. The van der Waals surface area contributed by atoms with Crippen molar-refractivity contribution in [2.24, 2.45) is 0 Å². The SMILES string of the molecule is COc1ccc(CCN2C(=O)C(O)=C(C(=O)c3cccs3)[C@@H]2c2ccc(Br)cc2)cc1OC. The molecule has 1 amide bonds. The summed E-state index contributed by atoms with van der Waals surface area (Å²) in [6.45, 7) is 0.306. The zero-order chi connectivity index (χ0) is 23.5. The number of Topliss-reactive ketones (excluding diaryl/α,β-unsaturated/α-hetero) is 1. The number of rotatable bonds is 8. The molecule has 2 heterocycles. The van der Waals surface area contributed by atoms with Crippen molar-refractivity contribution in [1.82, 2.24) is 4.90 Å². The number of hydrogen-bond acceptors (Lipinski definition) is 6. The third-order valence-corrected chi connectivity index (χ3v) is 6.97. The first-order valence-corrected chi connectivity index (χ1v) is 11.9. The van der Waals surface area contributed by atoms with Crippen molar-refractivity contribution in [2.75, 3.05) is 20.8 Å². The fourth-order valence-corrected chi connectivity index (χ4v) is 4.88. The average molecular weight is 528 g/mol. The standard InChI is InChI=1S/C25H22BrNO5S/c1-31-18-10-5-15(14-19(18)32-2)11-12-27-22(16-6-8-17(26)9-7-16)21(24(29)25(27)30)23(28)20-4-3-13-33-20/h3-10,13-14,22,29H,11-12H2,1-2H3/t22-/m0/s1. The molecule has 0 aliphatic carbocycles. The van der Waals surface area contributed by atoms with Gasteiger partial charge in [0.25, 0.3) is 5.91 Å². The second kappa shape index (κ2) is 9.80. The highest BCUT2D eigenvalue weighted by Crippen LogP contribution is 2.40. The van der Waals surface area contributed by atoms with Gasteiger partial charge in [-0.05, 0) is 53.3 Å². The first-order valence-electron chi connectivity index (χ1n) is 10.2. The van der Waals surface area contributed by atoms with Gasteiger partial charge in [-0.25, -0.2) is 0 Å². The van der Waals surface area contributed by atoms with Crippen LogP contribution in [-0.2, 0) is 11.2 Å². The quantitative estimate of drug-likeness (QED) is 0.399. The van der Waals surface area contributed by atoms with Crippen LogP contribution in [0.3, 0.4) is 0 Å². The molecule has 170 valence electrons. The third kappa shape index (κ3) is 4.54. The zero-order valence-electron chi connectivity index (χ0n) is 18.1. The molecular formula is C25H22BrNO5S. The molecule has 8 heteroatoms. The zero-order valence-corrected chi connectivity index (χ0v) is 20.5. The number of amides is 1. The number of carbonyl (C=O) groups excluding carboxylic acids is 2. The van der Waals surface area contributed by atoms with Gasteiger partial charge in [0.1, 0.15) is 0 Å². The molecular weight excluding hydrogens is 506 g/mol. The van der Waals surface area contributed by atoms with Crippen molar-refractivity contribution in [3.05, 3.63) is 91.8 Å². The predicted molar refractivity (Wildman–Crippen MR) is 130 cm³/mol. The van der Waals surface area contributed by atoms with E-state index in [1.165, 1.54) is 11.3 Å². The summed E-state index contributed by atoms with van der Waals surface area (Å²) < 4.78 is 11.5. The van der Waals surface area contributed by atoms with Gasteiger partial charge in [0.15, 0.2) is 17.3 Å². The molecule has 1 aliphatic heterocycles. The van der Waals surface area contributed by atoms with E-state index in [4.69, 9.17) is 9.47 Å². The first kappa shape index (κ1) is 23.1. The fraction of sp³-hybridized carbons (Fsp3) is 0.200. The van der Waals surface area contributed by atoms with Crippen LogP contribution in [-0.4, -0.2) is 42.5 Å². The van der Waals surface area contributed by atoms with Crippen LogP contribution in [0.15, 0.2) is 75.8 Å². The van der Waals surface area contributed by atoms with Crippen molar-refractivity contribution in [2.45, 2.75) is 12.5 Å². The van der Waals surface area contributed by atoms with E-state index in [9.17, 15) is 14.7 Å². The van der Waals surface area contributed by atoms with Gasteiger partial charge in [-0.3, -0.25) is 9.59 Å². The number of ketones is 1. The number of nitrogens with zero attached hydrogens (tertiary/aromatic N) is 1. The van der Waals surface area contributed by atoms with Crippen molar-refractivity contribution < 1.29 is 24.2 Å². The molecule has 0 saturated heterocycles. The summed E-state index contributed by atoms with van der Waals surface area (Å²) in [5.74, 6) is -0.162. The number of methoxy groups -OCH3 is 2. The maximum absolute atomic E-state index is 13.3. The minimum Gasteiger partial charge on any atom is -0.503 e. The van der Waals surface area contributed by atoms with Crippen LogP contribution in [0.25, 0.3) is 0 Å². The number of benzene rings is 2. The third-order valence-electron chi connectivity index (χ3n) is 5.57. The average Bonchev–Trinajstić information content (AvgIpc) is 3.45. The fourth-order valence-electron chi connectivity index (χ4n) is 3.93. The molecule has 4 rings (SSSR count). The van der Waals surface area contributed by atoms with Crippen LogP contribution in [0.5, 0.6) is 11.5 Å². The van der Waals surface area contributed by atoms with E-state index in [0.717, 1.165) is 15.6 Å². The number of thiophene rings is 1. The summed E-state index contributed by atoms with van der Waals surface area (Å²) in [6.07, 6.45) is 0.507. The van der Waals surface area contributed by atoms with Gasteiger partial charge in [-0.15, -0.1) is 11.3 Å². The van der Waals surface area contributed by atoms with Crippen LogP contribution in [0.2, 0.25) is 0 Å². The van der Waals surface area contributed by atoms with Gasteiger partial charge < -0.3 is 19.5 Å². The second-order valence-corrected chi connectivity index (χ2v) is 9.32. The van der Waals surface area contributed by atoms with E-state index in [1.54, 1.807) is 36.6 Å². The molecule has 1 aliphatic rings. The molecule has 0 unspecified atom stereocenters. The van der Waals surface area contributed by atoms with Crippen molar-refractivity contribution in [3.63, 3.8) is 0 Å². The molecule has 1 aromatic heterocycles. The number of aliphatic hydroxyl groups is 1. The minimum atomic E-state index is -0.680. The second-order valence-electron chi connectivity index (χ2n) is 7.46. The lowest BCUT2D eigenvalue weighted by Crippen LogP contribution is -2.33. The summed E-state index contributed by atoms with van der Waals surface area (Å²) in [7, 11) is 3.14. The molecule has 0 saturated carbocycles. The molecule has 2 aromatic carbocycles. The van der Waals surface area contributed by atoms with Gasteiger partial charge in [0.2, 0.25) is 5.78 Å². The number of ether oxygens (including phenoxy) is 2. The van der Waals surface area contributed by atoms with Crippen molar-refractivity contribution in [1.29, 1.82) is 0 Å². The van der Waals surface area contributed by atoms with Crippen molar-refractivity contribution in [3.8, 4) is 11.5 Å². The van der Waals surface area contributed by atoms with Gasteiger partial charge in [0, 0.05) is 11.0 Å². The number of aliphatic hydroxyl groups excluding tert-OH is 1. The molecule has 1 N–H and O–H groups in total. The van der Waals surface area contributed by atoms with Crippen LogP contribution < -0.4 is 9.47 Å². The Morgan fingerprint density at radius 2 is 1.82 bits per heavy atom. The molecule has 33 heavy (non-hydrogen) atoms. The van der Waals surface area contributed by atoms with E-state index in [1.807, 2.05) is 42.5 Å². The van der Waals surface area contributed by atoms with E-state index in [2.05, 4.69) is 15.9 Å². The Morgan fingerprint density at radius 3 is 2.45 bits per heavy atom. The Morgan fingerprint density at radius 1 is 1.09 bits per heavy atom. The van der Waals surface area contributed by atoms with Gasteiger partial charge in [0.05, 0.1) is 30.7 Å². The lowest BCUT2D eigenvalue weighted by atomic mass is 9.95. The topological polar surface area (TPSA) is 76.1 Å². The summed E-state index contributed by atoms with van der Waals surface area (Å²) in [6, 6.07) is 15.8. The van der Waals surface area contributed by atoms with Gasteiger partial charge in [-0.2, -0.15) is 0 Å². The Balaban J connectivity index is 1.67. The molecule has 0 bridgehead atoms. The molecule has 0 radical (unpaired) electrons. The van der Waals surface area contributed by atoms with E-state index in [0.29, 0.717) is 29.3 Å². The van der Waals surface area contributed by atoms with Crippen LogP contribution in [0.1, 0.15) is 26.8 Å². The Kier molecular flexibility index (Phi) is 6.85. The molecule has 0 fully saturated rings. The molecule has 3 aromatic rings. The normalized spacial score (nSPS) is 15.8. The highest BCUT2D eigenvalue weighted by Gasteiger charge is 2.43. The number of halogens is 1. The summed E-state index contributed by atoms with van der Waals surface area (Å²) in [4.78, 5) is 28.4. The van der Waals surface area contributed by atoms with E-state index < -0.39 is 17.7 Å². The van der Waals surface area contributed by atoms with E-state index in [-0.39, 0.29) is 11.4 Å². The largest absolute Gasteiger partial charge is 0.503 e. The molecule has 1 atom stereocenters. The maximum Gasteiger partial charge on any atom is 0.290 e. The highest BCUT2D eigenvalue weighted by atomic mass is 79.9. The summed E-state index contributed by atoms with van der Waals surface area (Å²) in [5, 5.41) is 12.6. The maximum atomic E-state index is 13.3. The number of hydrogen-bond donors (Lipinski definition) is 1.